The molecule has 0 atom stereocenters. The standard InChI is InChI=1S/C10H13N3O5/c1-7-2-3-8(10(12-7)13(16)17)18-6-9(15)11-4-5-14/h2-3,14H,4-6H2,1H3,(H,11,15). The maximum atomic E-state index is 11.2. The fourth-order valence-corrected chi connectivity index (χ4v) is 1.16. The number of aromatic nitrogens is 1. The molecule has 18 heavy (non-hydrogen) atoms. The van der Waals surface area contributed by atoms with Crippen molar-refractivity contribution >= 4 is 11.7 Å². The largest absolute Gasteiger partial charge is 0.476 e. The Hall–Kier alpha value is -2.22. The summed E-state index contributed by atoms with van der Waals surface area (Å²) in [4.78, 5) is 25.0. The second-order valence-electron chi connectivity index (χ2n) is 3.39. The zero-order valence-electron chi connectivity index (χ0n) is 9.75. The highest BCUT2D eigenvalue weighted by Gasteiger charge is 2.18. The van der Waals surface area contributed by atoms with Crippen molar-refractivity contribution in [1.29, 1.82) is 0 Å². The summed E-state index contributed by atoms with van der Waals surface area (Å²) < 4.78 is 5.01. The molecule has 1 heterocycles. The number of aliphatic hydroxyl groups is 1. The Kier molecular flexibility index (Phi) is 5.00. The van der Waals surface area contributed by atoms with Gasteiger partial charge < -0.3 is 25.3 Å². The molecule has 1 aromatic rings. The first-order valence-corrected chi connectivity index (χ1v) is 5.17. The molecular formula is C10H13N3O5. The predicted molar refractivity (Wildman–Crippen MR) is 61.2 cm³/mol. The molecule has 0 radical (unpaired) electrons. The zero-order valence-corrected chi connectivity index (χ0v) is 9.75. The minimum Gasteiger partial charge on any atom is -0.476 e. The maximum absolute atomic E-state index is 11.2. The molecule has 0 aromatic carbocycles. The number of rotatable bonds is 6. The topological polar surface area (TPSA) is 115 Å². The van der Waals surface area contributed by atoms with Crippen LogP contribution in [0.3, 0.4) is 0 Å². The first kappa shape index (κ1) is 13.8. The van der Waals surface area contributed by atoms with E-state index >= 15 is 0 Å². The summed E-state index contributed by atoms with van der Waals surface area (Å²) in [6.45, 7) is 1.17. The van der Waals surface area contributed by atoms with Crippen LogP contribution in [-0.4, -0.2) is 40.7 Å². The van der Waals surface area contributed by atoms with Crippen LogP contribution in [0, 0.1) is 17.0 Å². The third kappa shape index (κ3) is 3.98. The van der Waals surface area contributed by atoms with Gasteiger partial charge in [0.15, 0.2) is 6.61 Å². The molecule has 8 nitrogen and oxygen atoms in total. The van der Waals surface area contributed by atoms with Crippen LogP contribution in [0.15, 0.2) is 12.1 Å². The summed E-state index contributed by atoms with van der Waals surface area (Å²) in [6, 6.07) is 2.94. The molecule has 1 amide bonds. The Morgan fingerprint density at radius 1 is 1.61 bits per heavy atom. The van der Waals surface area contributed by atoms with E-state index in [1.807, 2.05) is 0 Å². The number of nitro groups is 1. The van der Waals surface area contributed by atoms with Crippen LogP contribution in [-0.2, 0) is 4.79 Å². The molecular weight excluding hydrogens is 242 g/mol. The molecule has 0 aliphatic rings. The fourth-order valence-electron chi connectivity index (χ4n) is 1.16. The third-order valence-corrected chi connectivity index (χ3v) is 1.94. The summed E-state index contributed by atoms with van der Waals surface area (Å²) in [5.41, 5.74) is 0.485. The maximum Gasteiger partial charge on any atom is 0.406 e. The molecule has 2 N–H and O–H groups in total. The second kappa shape index (κ2) is 6.50. The predicted octanol–water partition coefficient (Wildman–Crippen LogP) is -0.214. The Morgan fingerprint density at radius 3 is 2.94 bits per heavy atom. The summed E-state index contributed by atoms with van der Waals surface area (Å²) in [7, 11) is 0. The van der Waals surface area contributed by atoms with Crippen LogP contribution in [0.5, 0.6) is 5.75 Å². The molecule has 0 aliphatic heterocycles. The van der Waals surface area contributed by atoms with Gasteiger partial charge in [-0.1, -0.05) is 0 Å². The van der Waals surface area contributed by atoms with E-state index in [-0.39, 0.29) is 25.5 Å². The average molecular weight is 255 g/mol. The highest BCUT2D eigenvalue weighted by atomic mass is 16.6. The van der Waals surface area contributed by atoms with Gasteiger partial charge in [0.1, 0.15) is 5.69 Å². The van der Waals surface area contributed by atoms with E-state index < -0.39 is 16.6 Å². The van der Waals surface area contributed by atoms with Crippen molar-refractivity contribution in [3.8, 4) is 5.75 Å². The fraction of sp³-hybridized carbons (Fsp3) is 0.400. The number of amides is 1. The minimum atomic E-state index is -0.673. The van der Waals surface area contributed by atoms with Crippen molar-refractivity contribution in [3.63, 3.8) is 0 Å². The summed E-state index contributed by atoms with van der Waals surface area (Å²) in [6.07, 6.45) is 0. The number of hydrogen-bond donors (Lipinski definition) is 2. The molecule has 0 saturated carbocycles. The molecule has 8 heteroatoms. The lowest BCUT2D eigenvalue weighted by atomic mass is 10.3. The van der Waals surface area contributed by atoms with Gasteiger partial charge in [-0.05, 0) is 22.0 Å². The molecule has 98 valence electrons. The molecule has 0 bridgehead atoms. The number of carbonyl (C=O) groups excluding carboxylic acids is 1. The Bertz CT molecular complexity index is 449. The minimum absolute atomic E-state index is 0.0650. The first-order chi connectivity index (χ1) is 8.54. The van der Waals surface area contributed by atoms with Gasteiger partial charge in [-0.25, -0.2) is 0 Å². The van der Waals surface area contributed by atoms with Crippen molar-refractivity contribution in [2.45, 2.75) is 6.92 Å². The number of nitrogens with one attached hydrogen (secondary N) is 1. The molecule has 0 spiro atoms. The number of ether oxygens (including phenoxy) is 1. The number of nitrogens with zero attached hydrogens (tertiary/aromatic N) is 2. The molecule has 0 unspecified atom stereocenters. The summed E-state index contributed by atoms with van der Waals surface area (Å²) in [5, 5.41) is 21.6. The number of carbonyl (C=O) groups is 1. The lowest BCUT2D eigenvalue weighted by Gasteiger charge is -2.06. The first-order valence-electron chi connectivity index (χ1n) is 5.17. The smallest absolute Gasteiger partial charge is 0.406 e. The van der Waals surface area contributed by atoms with E-state index in [2.05, 4.69) is 10.3 Å². The second-order valence-corrected chi connectivity index (χ2v) is 3.39. The SMILES string of the molecule is Cc1ccc(OCC(=O)NCCO)c([N+](=O)[O-])n1. The number of hydrogen-bond acceptors (Lipinski definition) is 6. The Labute approximate surface area is 103 Å². The Balaban J connectivity index is 2.67. The Morgan fingerprint density at radius 2 is 2.33 bits per heavy atom. The zero-order chi connectivity index (χ0) is 13.5. The van der Waals surface area contributed by atoms with Gasteiger partial charge in [0.2, 0.25) is 5.75 Å². The van der Waals surface area contributed by atoms with Gasteiger partial charge in [0.05, 0.1) is 6.61 Å². The van der Waals surface area contributed by atoms with E-state index in [0.29, 0.717) is 5.69 Å². The lowest BCUT2D eigenvalue weighted by molar-refractivity contribution is -0.390. The number of aryl methyl sites for hydroxylation is 1. The summed E-state index contributed by atoms with van der Waals surface area (Å²) >= 11 is 0. The van der Waals surface area contributed by atoms with Crippen molar-refractivity contribution < 1.29 is 19.6 Å². The van der Waals surface area contributed by atoms with E-state index in [1.54, 1.807) is 13.0 Å². The van der Waals surface area contributed by atoms with Crippen LogP contribution < -0.4 is 10.1 Å². The quantitative estimate of drug-likeness (QED) is 0.536. The van der Waals surface area contributed by atoms with E-state index in [9.17, 15) is 14.9 Å². The van der Waals surface area contributed by atoms with E-state index in [4.69, 9.17) is 9.84 Å². The van der Waals surface area contributed by atoms with E-state index in [1.165, 1.54) is 6.07 Å². The van der Waals surface area contributed by atoms with Crippen molar-refractivity contribution in [2.24, 2.45) is 0 Å². The molecule has 0 saturated heterocycles. The number of pyridine rings is 1. The highest BCUT2D eigenvalue weighted by molar-refractivity contribution is 5.77. The van der Waals surface area contributed by atoms with Gasteiger partial charge >= 0.3 is 5.82 Å². The summed E-state index contributed by atoms with van der Waals surface area (Å²) in [5.74, 6) is -0.964. The van der Waals surface area contributed by atoms with Crippen LogP contribution in [0.1, 0.15) is 5.69 Å². The van der Waals surface area contributed by atoms with Gasteiger partial charge in [0, 0.05) is 13.5 Å². The van der Waals surface area contributed by atoms with Gasteiger partial charge in [-0.15, -0.1) is 0 Å². The number of aliphatic hydroxyl groups excluding tert-OH is 1. The van der Waals surface area contributed by atoms with Crippen LogP contribution in [0.4, 0.5) is 5.82 Å². The molecule has 1 aromatic heterocycles. The van der Waals surface area contributed by atoms with E-state index in [0.717, 1.165) is 0 Å². The molecule has 0 aliphatic carbocycles. The third-order valence-electron chi connectivity index (χ3n) is 1.94. The average Bonchev–Trinajstić information content (AvgIpc) is 2.34. The van der Waals surface area contributed by atoms with Gasteiger partial charge in [-0.2, -0.15) is 0 Å². The van der Waals surface area contributed by atoms with Crippen LogP contribution in [0.2, 0.25) is 0 Å². The van der Waals surface area contributed by atoms with Crippen LogP contribution >= 0.6 is 0 Å². The van der Waals surface area contributed by atoms with Crippen molar-refractivity contribution in [2.75, 3.05) is 19.8 Å². The van der Waals surface area contributed by atoms with Crippen LogP contribution in [0.25, 0.3) is 0 Å². The van der Waals surface area contributed by atoms with Crippen molar-refractivity contribution in [1.82, 2.24) is 10.3 Å². The monoisotopic (exact) mass is 255 g/mol. The van der Waals surface area contributed by atoms with Gasteiger partial charge in [-0.3, -0.25) is 4.79 Å². The highest BCUT2D eigenvalue weighted by Crippen LogP contribution is 2.24. The normalized spacial score (nSPS) is 9.89. The van der Waals surface area contributed by atoms with Crippen molar-refractivity contribution in [3.05, 3.63) is 27.9 Å². The lowest BCUT2D eigenvalue weighted by Crippen LogP contribution is -2.31. The van der Waals surface area contributed by atoms with Gasteiger partial charge in [0.25, 0.3) is 5.91 Å². The molecule has 1 rings (SSSR count). The molecule has 0 fully saturated rings.